The van der Waals surface area contributed by atoms with Crippen LogP contribution in [0.4, 0.5) is 0 Å². The maximum atomic E-state index is 8.30. The molecule has 1 N–H and O–H groups in total. The molecule has 0 spiro atoms. The van der Waals surface area contributed by atoms with Crippen molar-refractivity contribution in [3.05, 3.63) is 24.9 Å². The van der Waals surface area contributed by atoms with Crippen LogP contribution in [-0.4, -0.2) is 17.9 Å². The van der Waals surface area contributed by atoms with E-state index in [9.17, 15) is 0 Å². The van der Waals surface area contributed by atoms with Gasteiger partial charge in [0, 0.05) is 19.0 Å². The van der Waals surface area contributed by atoms with Crippen LogP contribution in [0.15, 0.2) is 29.9 Å². The number of allylic oxidation sites excluding steroid dienone is 1. The van der Waals surface area contributed by atoms with Gasteiger partial charge in [0.2, 0.25) is 0 Å². The molecule has 0 saturated heterocycles. The summed E-state index contributed by atoms with van der Waals surface area (Å²) in [5.41, 5.74) is 0. The lowest BCUT2D eigenvalue weighted by Crippen LogP contribution is -1.73. The van der Waals surface area contributed by atoms with Crippen LogP contribution in [0.25, 0.3) is 0 Å². The van der Waals surface area contributed by atoms with Gasteiger partial charge in [0.1, 0.15) is 0 Å². The Balaban J connectivity index is 3.23. The van der Waals surface area contributed by atoms with E-state index in [1.165, 1.54) is 0 Å². The zero-order valence-electron chi connectivity index (χ0n) is 5.33. The summed E-state index contributed by atoms with van der Waals surface area (Å²) < 4.78 is 0. The first-order chi connectivity index (χ1) is 4.41. The van der Waals surface area contributed by atoms with Gasteiger partial charge in [-0.25, -0.2) is 0 Å². The van der Waals surface area contributed by atoms with E-state index in [1.54, 1.807) is 24.6 Å². The van der Waals surface area contributed by atoms with Crippen LogP contribution in [0.3, 0.4) is 0 Å². The van der Waals surface area contributed by atoms with E-state index < -0.39 is 0 Å². The highest BCUT2D eigenvalue weighted by molar-refractivity contribution is 5.70. The molecule has 0 bridgehead atoms. The highest BCUT2D eigenvalue weighted by Crippen LogP contribution is 1.79. The van der Waals surface area contributed by atoms with Gasteiger partial charge in [-0.05, 0) is 6.42 Å². The third kappa shape index (κ3) is 7.11. The molecule has 0 saturated carbocycles. The van der Waals surface area contributed by atoms with Crippen molar-refractivity contribution in [3.8, 4) is 0 Å². The lowest BCUT2D eigenvalue weighted by molar-refractivity contribution is 0.302. The standard InChI is InChI=1S/C7H11NO/c1-2-5-8-6-3-4-7-9/h2-3,5-6,9H,1,4,7H2/b6-3-,8-5-. The Morgan fingerprint density at radius 1 is 1.56 bits per heavy atom. The minimum absolute atomic E-state index is 0.181. The topological polar surface area (TPSA) is 32.6 Å². The quantitative estimate of drug-likeness (QED) is 0.561. The summed E-state index contributed by atoms with van der Waals surface area (Å²) in [4.78, 5) is 3.79. The number of hydrogen-bond acceptors (Lipinski definition) is 2. The molecule has 0 aliphatic carbocycles. The normalized spacial score (nSPS) is 11.2. The third-order valence-corrected chi connectivity index (χ3v) is 0.679. The number of hydrogen-bond donors (Lipinski definition) is 1. The Bertz CT molecular complexity index is 116. The average molecular weight is 125 g/mol. The molecule has 2 nitrogen and oxygen atoms in total. The molecule has 0 aromatic rings. The Morgan fingerprint density at radius 2 is 2.33 bits per heavy atom. The van der Waals surface area contributed by atoms with Crippen molar-refractivity contribution in [1.29, 1.82) is 0 Å². The maximum absolute atomic E-state index is 8.30. The predicted octanol–water partition coefficient (Wildman–Crippen LogP) is 1.14. The number of nitrogens with zero attached hydrogens (tertiary/aromatic N) is 1. The molecule has 0 aliphatic heterocycles. The predicted molar refractivity (Wildman–Crippen MR) is 39.5 cm³/mol. The highest BCUT2D eigenvalue weighted by Gasteiger charge is 1.68. The van der Waals surface area contributed by atoms with E-state index in [2.05, 4.69) is 11.6 Å². The number of rotatable bonds is 4. The third-order valence-electron chi connectivity index (χ3n) is 0.679. The highest BCUT2D eigenvalue weighted by atomic mass is 16.2. The van der Waals surface area contributed by atoms with Gasteiger partial charge in [0.05, 0.1) is 0 Å². The molecule has 0 atom stereocenters. The minimum atomic E-state index is 0.181. The van der Waals surface area contributed by atoms with Crippen LogP contribution in [0.5, 0.6) is 0 Å². The Morgan fingerprint density at radius 3 is 2.89 bits per heavy atom. The molecule has 0 unspecified atom stereocenters. The summed E-state index contributed by atoms with van der Waals surface area (Å²) in [6.07, 6.45) is 7.28. The average Bonchev–Trinajstić information content (AvgIpc) is 1.89. The van der Waals surface area contributed by atoms with Crippen molar-refractivity contribution in [2.75, 3.05) is 6.61 Å². The second-order valence-electron chi connectivity index (χ2n) is 1.43. The molecular formula is C7H11NO. The van der Waals surface area contributed by atoms with Gasteiger partial charge in [-0.15, -0.1) is 0 Å². The first-order valence-electron chi connectivity index (χ1n) is 2.82. The second kappa shape index (κ2) is 7.11. The molecular weight excluding hydrogens is 114 g/mol. The first kappa shape index (κ1) is 8.11. The van der Waals surface area contributed by atoms with E-state index in [0.29, 0.717) is 6.42 Å². The van der Waals surface area contributed by atoms with Crippen molar-refractivity contribution < 1.29 is 5.11 Å². The zero-order valence-corrected chi connectivity index (χ0v) is 5.33. The van der Waals surface area contributed by atoms with E-state index >= 15 is 0 Å². The molecule has 0 aliphatic rings. The molecule has 0 fully saturated rings. The minimum Gasteiger partial charge on any atom is -0.396 e. The molecule has 0 amide bonds. The molecule has 0 rings (SSSR count). The van der Waals surface area contributed by atoms with Gasteiger partial charge >= 0.3 is 0 Å². The van der Waals surface area contributed by atoms with Crippen LogP contribution >= 0.6 is 0 Å². The number of aliphatic hydroxyl groups is 1. The van der Waals surface area contributed by atoms with Gasteiger partial charge in [0.25, 0.3) is 0 Å². The van der Waals surface area contributed by atoms with Crippen LogP contribution < -0.4 is 0 Å². The summed E-state index contributed by atoms with van der Waals surface area (Å²) in [5, 5.41) is 8.30. The molecule has 0 radical (unpaired) electrons. The summed E-state index contributed by atoms with van der Waals surface area (Å²) in [6, 6.07) is 0. The molecule has 2 heteroatoms. The number of aliphatic hydroxyl groups excluding tert-OH is 1. The van der Waals surface area contributed by atoms with Crippen LogP contribution in [0, 0.1) is 0 Å². The summed E-state index contributed by atoms with van der Waals surface area (Å²) in [7, 11) is 0. The molecule has 0 aromatic heterocycles. The second-order valence-corrected chi connectivity index (χ2v) is 1.43. The molecule has 9 heavy (non-hydrogen) atoms. The van der Waals surface area contributed by atoms with Crippen molar-refractivity contribution in [2.45, 2.75) is 6.42 Å². The van der Waals surface area contributed by atoms with Crippen molar-refractivity contribution in [2.24, 2.45) is 4.99 Å². The van der Waals surface area contributed by atoms with E-state index in [0.717, 1.165) is 0 Å². The maximum Gasteiger partial charge on any atom is 0.0466 e. The van der Waals surface area contributed by atoms with Crippen molar-refractivity contribution in [3.63, 3.8) is 0 Å². The van der Waals surface area contributed by atoms with Crippen LogP contribution in [0.1, 0.15) is 6.42 Å². The first-order valence-corrected chi connectivity index (χ1v) is 2.82. The summed E-state index contributed by atoms with van der Waals surface area (Å²) in [6.45, 7) is 3.63. The summed E-state index contributed by atoms with van der Waals surface area (Å²) in [5.74, 6) is 0. The molecule has 0 heterocycles. The van der Waals surface area contributed by atoms with E-state index in [4.69, 9.17) is 5.11 Å². The van der Waals surface area contributed by atoms with E-state index in [-0.39, 0.29) is 6.61 Å². The van der Waals surface area contributed by atoms with Gasteiger partial charge in [0.15, 0.2) is 0 Å². The Hall–Kier alpha value is -0.890. The Labute approximate surface area is 55.2 Å². The Kier molecular flexibility index (Phi) is 6.41. The number of aliphatic imine (C=N–C) groups is 1. The fraction of sp³-hybridized carbons (Fsp3) is 0.286. The molecule has 50 valence electrons. The SMILES string of the molecule is C=C/C=N\C=C/CCO. The van der Waals surface area contributed by atoms with Gasteiger partial charge in [-0.3, -0.25) is 4.99 Å². The lowest BCUT2D eigenvalue weighted by Gasteiger charge is -1.78. The summed E-state index contributed by atoms with van der Waals surface area (Å²) >= 11 is 0. The fourth-order valence-corrected chi connectivity index (χ4v) is 0.320. The zero-order chi connectivity index (χ0) is 6.95. The van der Waals surface area contributed by atoms with Gasteiger partial charge in [-0.1, -0.05) is 18.7 Å². The largest absolute Gasteiger partial charge is 0.396 e. The van der Waals surface area contributed by atoms with Crippen molar-refractivity contribution in [1.82, 2.24) is 0 Å². The van der Waals surface area contributed by atoms with Gasteiger partial charge < -0.3 is 5.11 Å². The smallest absolute Gasteiger partial charge is 0.0466 e. The fourth-order valence-electron chi connectivity index (χ4n) is 0.320. The van der Waals surface area contributed by atoms with E-state index in [1.807, 2.05) is 0 Å². The lowest BCUT2D eigenvalue weighted by atomic mass is 10.4. The van der Waals surface area contributed by atoms with Crippen LogP contribution in [-0.2, 0) is 0 Å². The van der Waals surface area contributed by atoms with Crippen molar-refractivity contribution >= 4 is 6.21 Å². The van der Waals surface area contributed by atoms with Crippen LogP contribution in [0.2, 0.25) is 0 Å². The monoisotopic (exact) mass is 125 g/mol. The van der Waals surface area contributed by atoms with Gasteiger partial charge in [-0.2, -0.15) is 0 Å². The molecule has 0 aromatic carbocycles.